The monoisotopic (exact) mass is 539 g/mol. The molecule has 3 amide bonds. The zero-order valence-electron chi connectivity index (χ0n) is 22.2. The number of nitrogens with zero attached hydrogens (tertiary/aromatic N) is 1. The van der Waals surface area contributed by atoms with Crippen LogP contribution in [0.5, 0.6) is 0 Å². The Kier molecular flexibility index (Phi) is 6.79. The van der Waals surface area contributed by atoms with E-state index in [2.05, 4.69) is 24.5 Å². The highest BCUT2D eigenvalue weighted by molar-refractivity contribution is 6.30. The zero-order valence-corrected chi connectivity index (χ0v) is 23.0. The number of halogens is 1. The van der Waals surface area contributed by atoms with E-state index in [1.807, 2.05) is 17.1 Å². The third-order valence-corrected chi connectivity index (χ3v) is 10.2. The van der Waals surface area contributed by atoms with Crippen LogP contribution in [0.25, 0.3) is 0 Å². The summed E-state index contributed by atoms with van der Waals surface area (Å²) in [4.78, 5) is 43.8. The van der Waals surface area contributed by atoms with Crippen molar-refractivity contribution < 1.29 is 19.1 Å². The molecular formula is C30H38ClN3O4. The van der Waals surface area contributed by atoms with Crippen LogP contribution in [0, 0.1) is 23.7 Å². The second-order valence-electron chi connectivity index (χ2n) is 12.1. The van der Waals surface area contributed by atoms with Crippen LogP contribution in [0.4, 0.5) is 5.69 Å². The van der Waals surface area contributed by atoms with Crippen LogP contribution >= 0.6 is 11.6 Å². The van der Waals surface area contributed by atoms with Gasteiger partial charge in [0.05, 0.1) is 17.9 Å². The maximum absolute atomic E-state index is 14.2. The molecule has 2 bridgehead atoms. The molecule has 2 saturated heterocycles. The number of likely N-dealkylation sites (tertiary alicyclic amines) is 1. The van der Waals surface area contributed by atoms with Crippen molar-refractivity contribution >= 4 is 35.0 Å². The Morgan fingerprint density at radius 3 is 2.61 bits per heavy atom. The highest BCUT2D eigenvalue weighted by atomic mass is 35.5. The maximum atomic E-state index is 14.2. The van der Waals surface area contributed by atoms with Crippen LogP contribution in [-0.4, -0.2) is 52.5 Å². The Balaban J connectivity index is 1.32. The number of carbonyl (C=O) groups excluding carboxylic acids is 3. The topological polar surface area (TPSA) is 87.7 Å². The van der Waals surface area contributed by atoms with Crippen molar-refractivity contribution in [1.82, 2.24) is 10.2 Å². The molecule has 3 aliphatic heterocycles. The second kappa shape index (κ2) is 9.98. The lowest BCUT2D eigenvalue weighted by molar-refractivity contribution is -0.145. The first-order valence-electron chi connectivity index (χ1n) is 14.4. The summed E-state index contributed by atoms with van der Waals surface area (Å²) in [5.74, 6) is -1.06. The van der Waals surface area contributed by atoms with E-state index in [0.29, 0.717) is 22.5 Å². The number of hydrogen-bond acceptors (Lipinski definition) is 4. The molecular weight excluding hydrogens is 502 g/mol. The second-order valence-corrected chi connectivity index (χ2v) is 12.6. The van der Waals surface area contributed by atoms with Crippen LogP contribution in [0.3, 0.4) is 0 Å². The summed E-state index contributed by atoms with van der Waals surface area (Å²) < 4.78 is 6.52. The average Bonchev–Trinajstić information content (AvgIpc) is 3.54. The molecule has 1 aromatic rings. The lowest BCUT2D eigenvalue weighted by atomic mass is 9.73. The molecule has 2 aliphatic carbocycles. The van der Waals surface area contributed by atoms with Gasteiger partial charge in [0.1, 0.15) is 11.6 Å². The first-order valence-corrected chi connectivity index (χ1v) is 14.7. The molecule has 4 fully saturated rings. The first-order chi connectivity index (χ1) is 18.3. The molecule has 7 nitrogen and oxygen atoms in total. The quantitative estimate of drug-likeness (QED) is 0.531. The van der Waals surface area contributed by atoms with Crippen LogP contribution in [0.2, 0.25) is 5.02 Å². The molecule has 6 rings (SSSR count). The number of hydrogen-bond donors (Lipinski definition) is 2. The Labute approximate surface area is 229 Å². The minimum atomic E-state index is -1.12. The van der Waals surface area contributed by atoms with Gasteiger partial charge < -0.3 is 20.3 Å². The molecule has 5 aliphatic rings. The summed E-state index contributed by atoms with van der Waals surface area (Å²) in [7, 11) is 0. The van der Waals surface area contributed by atoms with Gasteiger partial charge in [0.15, 0.2) is 0 Å². The Hall–Kier alpha value is -2.38. The van der Waals surface area contributed by atoms with Gasteiger partial charge in [-0.05, 0) is 49.3 Å². The predicted molar refractivity (Wildman–Crippen MR) is 145 cm³/mol. The summed E-state index contributed by atoms with van der Waals surface area (Å²) >= 11 is 6.13. The minimum absolute atomic E-state index is 0.0117. The van der Waals surface area contributed by atoms with E-state index in [1.54, 1.807) is 24.3 Å². The molecule has 8 heteroatoms. The normalized spacial score (nSPS) is 38.3. The molecule has 2 N–H and O–H groups in total. The molecule has 3 heterocycles. The van der Waals surface area contributed by atoms with E-state index in [9.17, 15) is 14.4 Å². The summed E-state index contributed by atoms with van der Waals surface area (Å²) in [6, 6.07) is 6.28. The molecule has 8 atom stereocenters. The highest BCUT2D eigenvalue weighted by Gasteiger charge is 2.73. The van der Waals surface area contributed by atoms with Gasteiger partial charge in [-0.3, -0.25) is 14.4 Å². The summed E-state index contributed by atoms with van der Waals surface area (Å²) in [6.45, 7) is 4.46. The predicted octanol–water partition coefficient (Wildman–Crippen LogP) is 4.70. The summed E-state index contributed by atoms with van der Waals surface area (Å²) in [5.41, 5.74) is -0.545. The van der Waals surface area contributed by atoms with E-state index < -0.39 is 29.6 Å². The molecule has 204 valence electrons. The minimum Gasteiger partial charge on any atom is -0.359 e. The molecule has 1 spiro atoms. The van der Waals surface area contributed by atoms with Crippen molar-refractivity contribution in [3.05, 3.63) is 41.4 Å². The smallest absolute Gasteiger partial charge is 0.246 e. The first kappa shape index (κ1) is 25.9. The molecule has 2 saturated carbocycles. The fraction of sp³-hybridized carbons (Fsp3) is 0.633. The van der Waals surface area contributed by atoms with Gasteiger partial charge >= 0.3 is 0 Å². The fourth-order valence-corrected chi connectivity index (χ4v) is 7.99. The van der Waals surface area contributed by atoms with E-state index in [4.69, 9.17) is 16.3 Å². The van der Waals surface area contributed by atoms with E-state index in [1.165, 1.54) is 6.42 Å². The van der Waals surface area contributed by atoms with Crippen molar-refractivity contribution in [3.63, 3.8) is 0 Å². The van der Waals surface area contributed by atoms with Gasteiger partial charge in [-0.1, -0.05) is 75.8 Å². The van der Waals surface area contributed by atoms with Crippen LogP contribution in [0.15, 0.2) is 36.4 Å². The Bertz CT molecular complexity index is 1150. The molecule has 38 heavy (non-hydrogen) atoms. The Morgan fingerprint density at radius 2 is 1.84 bits per heavy atom. The van der Waals surface area contributed by atoms with Crippen LogP contribution < -0.4 is 10.6 Å². The van der Waals surface area contributed by atoms with Gasteiger partial charge in [0, 0.05) is 22.8 Å². The number of benzene rings is 1. The number of nitrogens with one attached hydrogen (secondary N) is 2. The van der Waals surface area contributed by atoms with Crippen LogP contribution in [-0.2, 0) is 19.1 Å². The largest absolute Gasteiger partial charge is 0.359 e. The average molecular weight is 540 g/mol. The third-order valence-electron chi connectivity index (χ3n) is 9.96. The summed E-state index contributed by atoms with van der Waals surface area (Å²) in [5, 5.41) is 6.81. The SMILES string of the molecule is CC1CCCC(NC(=O)C2N(C3CCCCC3)C(=O)C3C(C(=O)Nc4cccc(Cl)c4)C4C=CC32O4)C1C. The van der Waals surface area contributed by atoms with Crippen molar-refractivity contribution in [1.29, 1.82) is 0 Å². The van der Waals surface area contributed by atoms with Gasteiger partial charge in [0.2, 0.25) is 17.7 Å². The number of rotatable bonds is 5. The highest BCUT2D eigenvalue weighted by Crippen LogP contribution is 2.56. The van der Waals surface area contributed by atoms with Crippen molar-refractivity contribution in [2.24, 2.45) is 23.7 Å². The van der Waals surface area contributed by atoms with Gasteiger partial charge in [-0.2, -0.15) is 0 Å². The lowest BCUT2D eigenvalue weighted by Crippen LogP contribution is -2.59. The molecule has 8 unspecified atom stereocenters. The molecule has 1 aromatic carbocycles. The van der Waals surface area contributed by atoms with Crippen molar-refractivity contribution in [3.8, 4) is 0 Å². The van der Waals surface area contributed by atoms with Crippen LogP contribution in [0.1, 0.15) is 65.2 Å². The van der Waals surface area contributed by atoms with Gasteiger partial charge in [0.25, 0.3) is 0 Å². The number of ether oxygens (including phenoxy) is 1. The van der Waals surface area contributed by atoms with E-state index in [-0.39, 0.29) is 29.8 Å². The third kappa shape index (κ3) is 4.17. The van der Waals surface area contributed by atoms with E-state index in [0.717, 1.165) is 44.9 Å². The molecule has 0 radical (unpaired) electrons. The molecule has 0 aromatic heterocycles. The van der Waals surface area contributed by atoms with Gasteiger partial charge in [-0.25, -0.2) is 0 Å². The Morgan fingerprint density at radius 1 is 1.05 bits per heavy atom. The van der Waals surface area contributed by atoms with Crippen molar-refractivity contribution in [2.45, 2.75) is 95.0 Å². The fourth-order valence-electron chi connectivity index (χ4n) is 7.80. The number of anilines is 1. The summed E-state index contributed by atoms with van der Waals surface area (Å²) in [6.07, 6.45) is 11.4. The number of fused-ring (bicyclic) bond motifs is 1. The number of carbonyl (C=O) groups is 3. The van der Waals surface area contributed by atoms with Crippen molar-refractivity contribution in [2.75, 3.05) is 5.32 Å². The maximum Gasteiger partial charge on any atom is 0.246 e. The van der Waals surface area contributed by atoms with E-state index >= 15 is 0 Å². The lowest BCUT2D eigenvalue weighted by Gasteiger charge is -2.40. The standard InChI is InChI=1S/C30H38ClN3O4/c1-17-8-6-13-22(18(17)2)33-28(36)26-30-15-14-23(38-30)24(27(35)32-20-10-7-9-19(31)16-20)25(30)29(37)34(26)21-11-4-3-5-12-21/h7,9-10,14-18,21-26H,3-6,8,11-13H2,1-2H3,(H,32,35)(H,33,36). The zero-order chi connectivity index (χ0) is 26.6. The van der Waals surface area contributed by atoms with Gasteiger partial charge in [-0.15, -0.1) is 0 Å². The number of amides is 3.